The molecule has 0 aromatic carbocycles. The third-order valence-corrected chi connectivity index (χ3v) is 3.21. The van der Waals surface area contributed by atoms with Crippen molar-refractivity contribution in [2.45, 2.75) is 25.8 Å². The fraction of sp³-hybridized carbons (Fsp3) is 0.667. The van der Waals surface area contributed by atoms with Crippen LogP contribution in [0.15, 0.2) is 12.4 Å². The Morgan fingerprint density at radius 1 is 1.56 bits per heavy atom. The van der Waals surface area contributed by atoms with E-state index in [4.69, 9.17) is 16.3 Å². The standard InChI is InChI=1S/C12H18ClN3O2/c13-4-1-12(17)15-11-7-14-16(9-11)8-10-2-5-18-6-3-10/h7,9-10H,1-6,8H2,(H,15,17). The molecule has 0 radical (unpaired) electrons. The molecule has 1 aromatic rings. The molecule has 6 heteroatoms. The zero-order valence-electron chi connectivity index (χ0n) is 10.3. The van der Waals surface area contributed by atoms with Gasteiger partial charge in [-0.25, -0.2) is 0 Å². The zero-order chi connectivity index (χ0) is 12.8. The summed E-state index contributed by atoms with van der Waals surface area (Å²) < 4.78 is 7.20. The maximum absolute atomic E-state index is 11.4. The Morgan fingerprint density at radius 3 is 3.06 bits per heavy atom. The van der Waals surface area contributed by atoms with Crippen LogP contribution >= 0.6 is 11.6 Å². The van der Waals surface area contributed by atoms with Crippen molar-refractivity contribution in [3.05, 3.63) is 12.4 Å². The molecule has 1 aliphatic heterocycles. The Hall–Kier alpha value is -1.07. The molecule has 0 aliphatic carbocycles. The van der Waals surface area contributed by atoms with E-state index in [0.29, 0.717) is 18.2 Å². The average Bonchev–Trinajstić information content (AvgIpc) is 2.78. The molecule has 1 aromatic heterocycles. The maximum Gasteiger partial charge on any atom is 0.225 e. The third-order valence-electron chi connectivity index (χ3n) is 3.02. The Balaban J connectivity index is 1.83. The number of carbonyl (C=O) groups is 1. The molecule has 0 saturated carbocycles. The predicted molar refractivity (Wildman–Crippen MR) is 69.7 cm³/mol. The van der Waals surface area contributed by atoms with Crippen molar-refractivity contribution in [3.63, 3.8) is 0 Å². The number of hydrogen-bond acceptors (Lipinski definition) is 3. The first-order valence-corrected chi connectivity index (χ1v) is 6.77. The molecule has 0 bridgehead atoms. The first-order valence-electron chi connectivity index (χ1n) is 6.24. The van der Waals surface area contributed by atoms with E-state index in [9.17, 15) is 4.79 Å². The summed E-state index contributed by atoms with van der Waals surface area (Å²) in [6.45, 7) is 2.56. The van der Waals surface area contributed by atoms with Crippen LogP contribution in [0.1, 0.15) is 19.3 Å². The number of halogens is 1. The van der Waals surface area contributed by atoms with Crippen LogP contribution < -0.4 is 5.32 Å². The zero-order valence-corrected chi connectivity index (χ0v) is 11.0. The first kappa shape index (κ1) is 13.4. The van der Waals surface area contributed by atoms with E-state index in [1.165, 1.54) is 0 Å². The van der Waals surface area contributed by atoms with Crippen LogP contribution in [0.5, 0.6) is 0 Å². The van der Waals surface area contributed by atoms with Gasteiger partial charge in [0.15, 0.2) is 0 Å². The van der Waals surface area contributed by atoms with Crippen molar-refractivity contribution in [1.29, 1.82) is 0 Å². The molecule has 0 atom stereocenters. The Kier molecular flexibility index (Phi) is 5.01. The summed E-state index contributed by atoms with van der Waals surface area (Å²) in [7, 11) is 0. The van der Waals surface area contributed by atoms with E-state index in [-0.39, 0.29) is 5.91 Å². The third kappa shape index (κ3) is 3.99. The van der Waals surface area contributed by atoms with Gasteiger partial charge in [0.05, 0.1) is 11.9 Å². The molecule has 1 amide bonds. The Bertz CT molecular complexity index is 388. The molecule has 1 saturated heterocycles. The van der Waals surface area contributed by atoms with E-state index < -0.39 is 0 Å². The van der Waals surface area contributed by atoms with Gasteiger partial charge in [0.1, 0.15) is 0 Å². The fourth-order valence-corrected chi connectivity index (χ4v) is 2.20. The van der Waals surface area contributed by atoms with Crippen LogP contribution in [0.2, 0.25) is 0 Å². The minimum atomic E-state index is -0.0735. The van der Waals surface area contributed by atoms with Gasteiger partial charge in [-0.2, -0.15) is 5.10 Å². The van der Waals surface area contributed by atoms with Crippen LogP contribution in [0, 0.1) is 5.92 Å². The lowest BCUT2D eigenvalue weighted by atomic mass is 10.0. The van der Waals surface area contributed by atoms with Gasteiger partial charge in [0.25, 0.3) is 0 Å². The largest absolute Gasteiger partial charge is 0.381 e. The molecule has 100 valence electrons. The van der Waals surface area contributed by atoms with Gasteiger partial charge in [0.2, 0.25) is 5.91 Å². The lowest BCUT2D eigenvalue weighted by molar-refractivity contribution is -0.115. The van der Waals surface area contributed by atoms with Gasteiger partial charge in [-0.05, 0) is 18.8 Å². The fourth-order valence-electron chi connectivity index (χ4n) is 2.03. The quantitative estimate of drug-likeness (QED) is 0.832. The van der Waals surface area contributed by atoms with E-state index in [2.05, 4.69) is 10.4 Å². The number of ether oxygens (including phenoxy) is 1. The Labute approximate surface area is 111 Å². The molecule has 5 nitrogen and oxygen atoms in total. The molecule has 18 heavy (non-hydrogen) atoms. The molecular weight excluding hydrogens is 254 g/mol. The summed E-state index contributed by atoms with van der Waals surface area (Å²) in [4.78, 5) is 11.4. The predicted octanol–water partition coefficient (Wildman–Crippen LogP) is 1.88. The summed E-state index contributed by atoms with van der Waals surface area (Å²) in [5.41, 5.74) is 0.733. The van der Waals surface area contributed by atoms with Gasteiger partial charge in [-0.1, -0.05) is 0 Å². The molecule has 2 heterocycles. The van der Waals surface area contributed by atoms with Crippen molar-refractivity contribution < 1.29 is 9.53 Å². The summed E-state index contributed by atoms with van der Waals surface area (Å²) in [5.74, 6) is 0.878. The van der Waals surface area contributed by atoms with Crippen molar-refractivity contribution in [1.82, 2.24) is 9.78 Å². The average molecular weight is 272 g/mol. The molecule has 0 unspecified atom stereocenters. The van der Waals surface area contributed by atoms with Gasteiger partial charge < -0.3 is 10.1 Å². The minimum absolute atomic E-state index is 0.0735. The normalized spacial score (nSPS) is 16.7. The lowest BCUT2D eigenvalue weighted by Gasteiger charge is -2.21. The number of rotatable bonds is 5. The van der Waals surface area contributed by atoms with Gasteiger partial charge in [-0.15, -0.1) is 11.6 Å². The van der Waals surface area contributed by atoms with Crippen LogP contribution in [0.4, 0.5) is 5.69 Å². The highest BCUT2D eigenvalue weighted by atomic mass is 35.5. The highest BCUT2D eigenvalue weighted by Gasteiger charge is 2.15. The summed E-state index contributed by atoms with van der Waals surface area (Å²) >= 11 is 5.50. The molecular formula is C12H18ClN3O2. The van der Waals surface area contributed by atoms with Crippen LogP contribution in [-0.2, 0) is 16.1 Å². The number of amides is 1. The number of carbonyl (C=O) groups excluding carboxylic acids is 1. The van der Waals surface area contributed by atoms with Crippen LogP contribution in [-0.4, -0.2) is 34.8 Å². The molecule has 1 N–H and O–H groups in total. The van der Waals surface area contributed by atoms with Gasteiger partial charge in [0, 0.05) is 38.3 Å². The highest BCUT2D eigenvalue weighted by Crippen LogP contribution is 2.17. The smallest absolute Gasteiger partial charge is 0.225 e. The van der Waals surface area contributed by atoms with Crippen LogP contribution in [0.25, 0.3) is 0 Å². The number of alkyl halides is 1. The number of hydrogen-bond donors (Lipinski definition) is 1. The summed E-state index contributed by atoms with van der Waals surface area (Å²) in [6.07, 6.45) is 6.02. The minimum Gasteiger partial charge on any atom is -0.381 e. The van der Waals surface area contributed by atoms with E-state index in [1.807, 2.05) is 10.9 Å². The first-order chi connectivity index (χ1) is 8.78. The van der Waals surface area contributed by atoms with Gasteiger partial charge >= 0.3 is 0 Å². The SMILES string of the molecule is O=C(CCCl)Nc1cnn(CC2CCOCC2)c1. The molecule has 1 fully saturated rings. The summed E-state index contributed by atoms with van der Waals surface area (Å²) in [6, 6.07) is 0. The van der Waals surface area contributed by atoms with Crippen molar-refractivity contribution in [2.75, 3.05) is 24.4 Å². The number of nitrogens with zero attached hydrogens (tertiary/aromatic N) is 2. The Morgan fingerprint density at radius 2 is 2.33 bits per heavy atom. The lowest BCUT2D eigenvalue weighted by Crippen LogP contribution is -2.20. The van der Waals surface area contributed by atoms with Gasteiger partial charge in [-0.3, -0.25) is 9.48 Å². The van der Waals surface area contributed by atoms with E-state index >= 15 is 0 Å². The molecule has 1 aliphatic rings. The second-order valence-electron chi connectivity index (χ2n) is 4.49. The number of anilines is 1. The van der Waals surface area contributed by atoms with E-state index in [1.54, 1.807) is 6.20 Å². The molecule has 0 spiro atoms. The second-order valence-corrected chi connectivity index (χ2v) is 4.87. The molecule has 2 rings (SSSR count). The van der Waals surface area contributed by atoms with Crippen molar-refractivity contribution >= 4 is 23.2 Å². The second kappa shape index (κ2) is 6.75. The van der Waals surface area contributed by atoms with Crippen molar-refractivity contribution in [2.24, 2.45) is 5.92 Å². The summed E-state index contributed by atoms with van der Waals surface area (Å²) in [5, 5.41) is 7.02. The number of aromatic nitrogens is 2. The maximum atomic E-state index is 11.4. The number of nitrogens with one attached hydrogen (secondary N) is 1. The van der Waals surface area contributed by atoms with Crippen LogP contribution in [0.3, 0.4) is 0 Å². The highest BCUT2D eigenvalue weighted by molar-refractivity contribution is 6.19. The van der Waals surface area contributed by atoms with Crippen molar-refractivity contribution in [3.8, 4) is 0 Å². The monoisotopic (exact) mass is 271 g/mol. The van der Waals surface area contributed by atoms with E-state index in [0.717, 1.165) is 38.3 Å². The topological polar surface area (TPSA) is 56.2 Å².